The number of rotatable bonds is 5. The highest BCUT2D eigenvalue weighted by molar-refractivity contribution is 7.21. The number of carbonyl (C=O) groups is 1. The van der Waals surface area contributed by atoms with Crippen molar-refractivity contribution in [1.29, 1.82) is 0 Å². The summed E-state index contributed by atoms with van der Waals surface area (Å²) in [6.45, 7) is 2.84. The van der Waals surface area contributed by atoms with Crippen molar-refractivity contribution in [2.24, 2.45) is 0 Å². The van der Waals surface area contributed by atoms with Gasteiger partial charge in [-0.15, -0.1) is 11.3 Å². The van der Waals surface area contributed by atoms with Crippen LogP contribution >= 0.6 is 34.5 Å². The van der Waals surface area contributed by atoms with Crippen molar-refractivity contribution in [3.8, 4) is 0 Å². The fraction of sp³-hybridized carbons (Fsp3) is 0.222. The number of nitrogens with zero attached hydrogens (tertiary/aromatic N) is 2. The highest BCUT2D eigenvalue weighted by atomic mass is 35.5. The molecule has 0 unspecified atom stereocenters. The van der Waals surface area contributed by atoms with E-state index in [2.05, 4.69) is 29.2 Å². The maximum atomic E-state index is 13.9. The molecule has 0 N–H and O–H groups in total. The van der Waals surface area contributed by atoms with Crippen molar-refractivity contribution < 1.29 is 4.79 Å². The summed E-state index contributed by atoms with van der Waals surface area (Å²) in [5.41, 5.74) is 2.23. The third-order valence-corrected chi connectivity index (χ3v) is 8.09. The average molecular weight is 495 g/mol. The molecule has 168 valence electrons. The SMILES string of the molecule is O=C(c1sc2cc(Cl)ccc2c1Cl)N(c1ccccc1)C1CCN(Cc2ccccc2)CC1. The molecule has 0 aliphatic carbocycles. The third kappa shape index (κ3) is 4.80. The largest absolute Gasteiger partial charge is 0.304 e. The summed E-state index contributed by atoms with van der Waals surface area (Å²) >= 11 is 14.3. The van der Waals surface area contributed by atoms with Crippen LogP contribution in [0.15, 0.2) is 78.9 Å². The number of piperidine rings is 1. The van der Waals surface area contributed by atoms with Gasteiger partial charge in [0.05, 0.1) is 5.02 Å². The van der Waals surface area contributed by atoms with Gasteiger partial charge < -0.3 is 4.90 Å². The lowest BCUT2D eigenvalue weighted by atomic mass is 10.0. The summed E-state index contributed by atoms with van der Waals surface area (Å²) in [5.74, 6) is -0.0370. The van der Waals surface area contributed by atoms with E-state index in [0.29, 0.717) is 14.9 Å². The average Bonchev–Trinajstić information content (AvgIpc) is 3.17. The van der Waals surface area contributed by atoms with E-state index in [1.807, 2.05) is 59.5 Å². The van der Waals surface area contributed by atoms with E-state index in [1.165, 1.54) is 16.9 Å². The van der Waals surface area contributed by atoms with Gasteiger partial charge in [0.25, 0.3) is 5.91 Å². The predicted octanol–water partition coefficient (Wildman–Crippen LogP) is 7.52. The van der Waals surface area contributed by atoms with E-state index in [4.69, 9.17) is 23.2 Å². The molecule has 3 aromatic carbocycles. The molecule has 3 nitrogen and oxygen atoms in total. The van der Waals surface area contributed by atoms with Crippen LogP contribution in [0, 0.1) is 0 Å². The molecule has 1 aliphatic rings. The second-order valence-electron chi connectivity index (χ2n) is 8.39. The highest BCUT2D eigenvalue weighted by Gasteiger charge is 2.32. The van der Waals surface area contributed by atoms with Gasteiger partial charge in [0.1, 0.15) is 4.88 Å². The van der Waals surface area contributed by atoms with E-state index >= 15 is 0 Å². The van der Waals surface area contributed by atoms with Crippen molar-refractivity contribution in [3.63, 3.8) is 0 Å². The molecule has 1 saturated heterocycles. The van der Waals surface area contributed by atoms with Crippen molar-refractivity contribution in [2.45, 2.75) is 25.4 Å². The molecule has 0 radical (unpaired) electrons. The normalized spacial score (nSPS) is 15.1. The number of carbonyl (C=O) groups excluding carboxylic acids is 1. The molecule has 4 aromatic rings. The first-order chi connectivity index (χ1) is 16.1. The minimum absolute atomic E-state index is 0.0370. The molecule has 1 aliphatic heterocycles. The molecule has 1 fully saturated rings. The molecule has 1 aromatic heterocycles. The van der Waals surface area contributed by atoms with Gasteiger partial charge >= 0.3 is 0 Å². The number of fused-ring (bicyclic) bond motifs is 1. The number of para-hydroxylation sites is 1. The highest BCUT2D eigenvalue weighted by Crippen LogP contribution is 2.39. The molecule has 0 spiro atoms. The number of likely N-dealkylation sites (tertiary alicyclic amines) is 1. The van der Waals surface area contributed by atoms with Gasteiger partial charge in [-0.3, -0.25) is 9.69 Å². The lowest BCUT2D eigenvalue weighted by molar-refractivity contribution is 0.0962. The van der Waals surface area contributed by atoms with Crippen LogP contribution in [-0.4, -0.2) is 29.9 Å². The summed E-state index contributed by atoms with van der Waals surface area (Å²) in [5, 5.41) is 2.03. The third-order valence-electron chi connectivity index (χ3n) is 6.21. The van der Waals surface area contributed by atoms with Gasteiger partial charge in [-0.2, -0.15) is 0 Å². The van der Waals surface area contributed by atoms with Crippen LogP contribution in [0.1, 0.15) is 28.1 Å². The van der Waals surface area contributed by atoms with Crippen LogP contribution in [0.4, 0.5) is 5.69 Å². The fourth-order valence-corrected chi connectivity index (χ4v) is 6.27. The van der Waals surface area contributed by atoms with E-state index in [-0.39, 0.29) is 11.9 Å². The smallest absolute Gasteiger partial charge is 0.270 e. The molecular formula is C27H24Cl2N2OS. The Balaban J connectivity index is 1.41. The zero-order valence-electron chi connectivity index (χ0n) is 18.1. The van der Waals surface area contributed by atoms with Crippen LogP contribution in [0.2, 0.25) is 10.0 Å². The molecule has 6 heteroatoms. The van der Waals surface area contributed by atoms with E-state index in [0.717, 1.165) is 48.2 Å². The van der Waals surface area contributed by atoms with Gasteiger partial charge in [0.2, 0.25) is 0 Å². The maximum absolute atomic E-state index is 13.9. The van der Waals surface area contributed by atoms with Crippen LogP contribution in [0.25, 0.3) is 10.1 Å². The Labute approximate surface area is 208 Å². The number of hydrogen-bond donors (Lipinski definition) is 0. The molecule has 1 amide bonds. The Kier molecular flexibility index (Phi) is 6.70. The number of hydrogen-bond acceptors (Lipinski definition) is 3. The van der Waals surface area contributed by atoms with Crippen LogP contribution in [0.3, 0.4) is 0 Å². The van der Waals surface area contributed by atoms with Gasteiger partial charge in [0.15, 0.2) is 0 Å². The van der Waals surface area contributed by atoms with Crippen LogP contribution in [-0.2, 0) is 6.54 Å². The van der Waals surface area contributed by atoms with Gasteiger partial charge in [-0.1, -0.05) is 77.8 Å². The predicted molar refractivity (Wildman–Crippen MR) is 140 cm³/mol. The van der Waals surface area contributed by atoms with Crippen molar-refractivity contribution >= 4 is 56.2 Å². The zero-order chi connectivity index (χ0) is 22.8. The lowest BCUT2D eigenvalue weighted by Gasteiger charge is -2.38. The second-order valence-corrected chi connectivity index (χ2v) is 10.3. The summed E-state index contributed by atoms with van der Waals surface area (Å²) < 4.78 is 0.932. The minimum atomic E-state index is -0.0370. The van der Waals surface area contributed by atoms with E-state index < -0.39 is 0 Å². The van der Waals surface area contributed by atoms with Gasteiger partial charge in [-0.25, -0.2) is 0 Å². The summed E-state index contributed by atoms with van der Waals surface area (Å²) in [6.07, 6.45) is 1.84. The number of benzene rings is 3. The van der Waals surface area contributed by atoms with Crippen molar-refractivity contribution in [3.05, 3.63) is 99.3 Å². The summed E-state index contributed by atoms with van der Waals surface area (Å²) in [7, 11) is 0. The number of halogens is 2. The minimum Gasteiger partial charge on any atom is -0.304 e. The Hall–Kier alpha value is -2.37. The molecule has 5 rings (SSSR count). The Morgan fingerprint density at radius 1 is 0.939 bits per heavy atom. The summed E-state index contributed by atoms with van der Waals surface area (Å²) in [4.78, 5) is 18.9. The Morgan fingerprint density at radius 2 is 1.61 bits per heavy atom. The van der Waals surface area contributed by atoms with E-state index in [1.54, 1.807) is 0 Å². The Morgan fingerprint density at radius 3 is 2.30 bits per heavy atom. The first-order valence-electron chi connectivity index (χ1n) is 11.1. The molecule has 2 heterocycles. The van der Waals surface area contributed by atoms with E-state index in [9.17, 15) is 4.79 Å². The zero-order valence-corrected chi connectivity index (χ0v) is 20.4. The molecule has 0 atom stereocenters. The maximum Gasteiger partial charge on any atom is 0.270 e. The van der Waals surface area contributed by atoms with Gasteiger partial charge in [-0.05, 0) is 42.7 Å². The summed E-state index contributed by atoms with van der Waals surface area (Å²) in [6, 6.07) is 26.2. The van der Waals surface area contributed by atoms with Crippen LogP contribution < -0.4 is 4.90 Å². The monoisotopic (exact) mass is 494 g/mol. The topological polar surface area (TPSA) is 23.6 Å². The first-order valence-corrected chi connectivity index (χ1v) is 12.7. The Bertz CT molecular complexity index is 1250. The molecule has 0 saturated carbocycles. The molecule has 33 heavy (non-hydrogen) atoms. The van der Waals surface area contributed by atoms with Crippen molar-refractivity contribution in [1.82, 2.24) is 4.90 Å². The van der Waals surface area contributed by atoms with Gasteiger partial charge in [0, 0.05) is 46.5 Å². The molecular weight excluding hydrogens is 471 g/mol. The van der Waals surface area contributed by atoms with Crippen molar-refractivity contribution in [2.75, 3.05) is 18.0 Å². The lowest BCUT2D eigenvalue weighted by Crippen LogP contribution is -2.47. The second kappa shape index (κ2) is 9.86. The first kappa shape index (κ1) is 22.4. The standard InChI is InChI=1S/C27H24Cl2N2OS/c28-20-11-12-23-24(17-20)33-26(25(23)29)27(32)31(21-9-5-2-6-10-21)22-13-15-30(16-14-22)18-19-7-3-1-4-8-19/h1-12,17,22H,13-16,18H2. The molecule has 0 bridgehead atoms. The quantitative estimate of drug-likeness (QED) is 0.286. The number of amides is 1. The number of thiophene rings is 1. The number of anilines is 1. The van der Waals surface area contributed by atoms with Crippen LogP contribution in [0.5, 0.6) is 0 Å². The fourth-order valence-electron chi connectivity index (χ4n) is 4.55.